The average Bonchev–Trinajstić information content (AvgIpc) is 2.49. The summed E-state index contributed by atoms with van der Waals surface area (Å²) in [5.74, 6) is 0. The van der Waals surface area contributed by atoms with Gasteiger partial charge in [-0.05, 0) is 17.7 Å². The van der Waals surface area contributed by atoms with E-state index < -0.39 is 17.2 Å². The van der Waals surface area contributed by atoms with E-state index in [1.54, 1.807) is 6.07 Å². The largest absolute Gasteiger partial charge is 0.417 e. The summed E-state index contributed by atoms with van der Waals surface area (Å²) < 4.78 is 39.5. The third kappa shape index (κ3) is 4.18. The summed E-state index contributed by atoms with van der Waals surface area (Å²) in [6, 6.07) is 3.73. The smallest absolute Gasteiger partial charge is 0.396 e. The molecule has 1 heterocycles. The van der Waals surface area contributed by atoms with Crippen LogP contribution in [0.1, 0.15) is 31.0 Å². The van der Waals surface area contributed by atoms with E-state index in [1.807, 2.05) is 13.8 Å². The molecule has 1 aromatic carbocycles. The highest BCUT2D eigenvalue weighted by atomic mass is 35.5. The number of hydrogen-bond donors (Lipinski definition) is 2. The number of benzene rings is 1. The maximum absolute atomic E-state index is 13.2. The Balaban J connectivity index is 2.47. The van der Waals surface area contributed by atoms with Crippen molar-refractivity contribution in [2.75, 3.05) is 32.8 Å². The molecule has 0 spiro atoms. The van der Waals surface area contributed by atoms with Gasteiger partial charge in [-0.25, -0.2) is 0 Å². The second-order valence-electron chi connectivity index (χ2n) is 6.57. The van der Waals surface area contributed by atoms with Crippen molar-refractivity contribution >= 4 is 11.6 Å². The second kappa shape index (κ2) is 6.97. The summed E-state index contributed by atoms with van der Waals surface area (Å²) in [6.45, 7) is 6.60. The van der Waals surface area contributed by atoms with E-state index in [4.69, 9.17) is 11.6 Å². The summed E-state index contributed by atoms with van der Waals surface area (Å²) >= 11 is 5.73. The molecule has 1 aliphatic rings. The van der Waals surface area contributed by atoms with Gasteiger partial charge in [0.15, 0.2) is 0 Å². The quantitative estimate of drug-likeness (QED) is 0.874. The van der Waals surface area contributed by atoms with Gasteiger partial charge in [-0.2, -0.15) is 13.2 Å². The summed E-state index contributed by atoms with van der Waals surface area (Å²) in [5, 5.41) is 12.7. The zero-order valence-corrected chi connectivity index (χ0v) is 14.0. The van der Waals surface area contributed by atoms with Crippen molar-refractivity contribution in [3.05, 3.63) is 34.3 Å². The van der Waals surface area contributed by atoms with Crippen LogP contribution in [0.2, 0.25) is 5.02 Å². The molecule has 1 aliphatic heterocycles. The van der Waals surface area contributed by atoms with Gasteiger partial charge in [0.05, 0.1) is 10.6 Å². The number of rotatable bonds is 4. The molecule has 2 N–H and O–H groups in total. The molecule has 1 aromatic rings. The van der Waals surface area contributed by atoms with Gasteiger partial charge in [-0.15, -0.1) is 0 Å². The highest BCUT2D eigenvalue weighted by Crippen LogP contribution is 2.42. The number of hydrogen-bond acceptors (Lipinski definition) is 3. The fourth-order valence-corrected chi connectivity index (χ4v) is 3.34. The molecule has 1 fully saturated rings. The molecule has 1 atom stereocenters. The first-order valence-corrected chi connectivity index (χ1v) is 7.97. The fourth-order valence-electron chi connectivity index (χ4n) is 3.11. The predicted octanol–water partition coefficient (Wildman–Crippen LogP) is 3.32. The van der Waals surface area contributed by atoms with Gasteiger partial charge in [0.1, 0.15) is 0 Å². The van der Waals surface area contributed by atoms with Gasteiger partial charge < -0.3 is 10.4 Å². The minimum atomic E-state index is -4.50. The van der Waals surface area contributed by atoms with Crippen molar-refractivity contribution in [3.8, 4) is 0 Å². The maximum Gasteiger partial charge on any atom is 0.417 e. The molecule has 0 aliphatic carbocycles. The first-order valence-electron chi connectivity index (χ1n) is 7.59. The van der Waals surface area contributed by atoms with Gasteiger partial charge in [0.2, 0.25) is 0 Å². The first kappa shape index (κ1) is 18.5. The van der Waals surface area contributed by atoms with Gasteiger partial charge >= 0.3 is 6.18 Å². The van der Waals surface area contributed by atoms with E-state index in [1.165, 1.54) is 6.07 Å². The Morgan fingerprint density at radius 2 is 1.87 bits per heavy atom. The monoisotopic (exact) mass is 350 g/mol. The van der Waals surface area contributed by atoms with Gasteiger partial charge in [-0.1, -0.05) is 31.5 Å². The summed E-state index contributed by atoms with van der Waals surface area (Å²) in [6.07, 6.45) is -4.50. The van der Waals surface area contributed by atoms with Crippen LogP contribution in [-0.2, 0) is 6.18 Å². The molecule has 130 valence electrons. The third-order valence-corrected chi connectivity index (χ3v) is 4.61. The lowest BCUT2D eigenvalue weighted by Crippen LogP contribution is -2.49. The molecule has 0 radical (unpaired) electrons. The lowest BCUT2D eigenvalue weighted by atomic mass is 9.79. The Kier molecular flexibility index (Phi) is 5.61. The van der Waals surface area contributed by atoms with Crippen molar-refractivity contribution in [2.45, 2.75) is 26.1 Å². The Morgan fingerprint density at radius 1 is 1.26 bits per heavy atom. The van der Waals surface area contributed by atoms with E-state index in [2.05, 4.69) is 10.2 Å². The van der Waals surface area contributed by atoms with Crippen LogP contribution in [0, 0.1) is 5.41 Å². The normalized spacial score (nSPS) is 18.9. The molecule has 1 saturated heterocycles. The Bertz CT molecular complexity index is 543. The number of aliphatic hydroxyl groups is 1. The SMILES string of the molecule is CC(C)(CO)[C@H](c1ccc(Cl)c(C(F)(F)F)c1)N1CCNCC1. The van der Waals surface area contributed by atoms with Crippen molar-refractivity contribution in [2.24, 2.45) is 5.41 Å². The van der Waals surface area contributed by atoms with Gasteiger partial charge in [-0.3, -0.25) is 4.90 Å². The van der Waals surface area contributed by atoms with E-state index in [0.717, 1.165) is 32.2 Å². The van der Waals surface area contributed by atoms with Crippen molar-refractivity contribution < 1.29 is 18.3 Å². The molecule has 7 heteroatoms. The lowest BCUT2D eigenvalue weighted by Gasteiger charge is -2.43. The zero-order chi connectivity index (χ0) is 17.3. The lowest BCUT2D eigenvalue weighted by molar-refractivity contribution is -0.137. The fraction of sp³-hybridized carbons (Fsp3) is 0.625. The highest BCUT2D eigenvalue weighted by molar-refractivity contribution is 6.31. The highest BCUT2D eigenvalue weighted by Gasteiger charge is 2.38. The predicted molar refractivity (Wildman–Crippen MR) is 84.5 cm³/mol. The van der Waals surface area contributed by atoms with Crippen LogP contribution >= 0.6 is 11.6 Å². The minimum Gasteiger partial charge on any atom is -0.396 e. The third-order valence-electron chi connectivity index (χ3n) is 4.28. The Morgan fingerprint density at radius 3 is 2.39 bits per heavy atom. The summed E-state index contributed by atoms with van der Waals surface area (Å²) in [4.78, 5) is 2.12. The number of halogens is 4. The van der Waals surface area contributed by atoms with Crippen LogP contribution in [0.5, 0.6) is 0 Å². The molecule has 0 amide bonds. The van der Waals surface area contributed by atoms with Crippen LogP contribution in [-0.4, -0.2) is 42.8 Å². The van der Waals surface area contributed by atoms with Crippen LogP contribution in [0.15, 0.2) is 18.2 Å². The van der Waals surface area contributed by atoms with Gasteiger partial charge in [0, 0.05) is 44.2 Å². The zero-order valence-electron chi connectivity index (χ0n) is 13.3. The van der Waals surface area contributed by atoms with Crippen LogP contribution in [0.4, 0.5) is 13.2 Å². The van der Waals surface area contributed by atoms with Crippen LogP contribution in [0.25, 0.3) is 0 Å². The molecular weight excluding hydrogens is 329 g/mol. The maximum atomic E-state index is 13.2. The number of piperazine rings is 1. The molecular formula is C16H22ClF3N2O. The average molecular weight is 351 g/mol. The van der Waals surface area contributed by atoms with E-state index >= 15 is 0 Å². The van der Waals surface area contributed by atoms with Gasteiger partial charge in [0.25, 0.3) is 0 Å². The van der Waals surface area contributed by atoms with E-state index in [-0.39, 0.29) is 17.7 Å². The summed E-state index contributed by atoms with van der Waals surface area (Å²) in [7, 11) is 0. The first-order chi connectivity index (χ1) is 10.7. The van der Waals surface area contributed by atoms with Crippen molar-refractivity contribution in [1.29, 1.82) is 0 Å². The molecule has 0 unspecified atom stereocenters. The summed E-state index contributed by atoms with van der Waals surface area (Å²) in [5.41, 5.74) is -0.873. The van der Waals surface area contributed by atoms with E-state index in [9.17, 15) is 18.3 Å². The number of nitrogens with one attached hydrogen (secondary N) is 1. The molecule has 0 saturated carbocycles. The number of nitrogens with zero attached hydrogens (tertiary/aromatic N) is 1. The van der Waals surface area contributed by atoms with Crippen LogP contribution in [0.3, 0.4) is 0 Å². The number of alkyl halides is 3. The van der Waals surface area contributed by atoms with Crippen molar-refractivity contribution in [3.63, 3.8) is 0 Å². The molecule has 23 heavy (non-hydrogen) atoms. The molecule has 0 aromatic heterocycles. The molecule has 2 rings (SSSR count). The Hall–Kier alpha value is -0.820. The number of aliphatic hydroxyl groups excluding tert-OH is 1. The topological polar surface area (TPSA) is 35.5 Å². The Labute approximate surface area is 139 Å². The van der Waals surface area contributed by atoms with Crippen molar-refractivity contribution in [1.82, 2.24) is 10.2 Å². The standard InChI is InChI=1S/C16H22ClF3N2O/c1-15(2,10-23)14(22-7-5-21-6-8-22)11-3-4-13(17)12(9-11)16(18,19)20/h3-4,9,14,21,23H,5-8,10H2,1-2H3/t14-/m0/s1. The van der Waals surface area contributed by atoms with Crippen LogP contribution < -0.4 is 5.32 Å². The second-order valence-corrected chi connectivity index (χ2v) is 6.98. The molecule has 3 nitrogen and oxygen atoms in total. The van der Waals surface area contributed by atoms with E-state index in [0.29, 0.717) is 5.56 Å². The minimum absolute atomic E-state index is 0.119. The molecule has 0 bridgehead atoms.